The predicted octanol–water partition coefficient (Wildman–Crippen LogP) is 8.27. The van der Waals surface area contributed by atoms with E-state index in [9.17, 15) is 54.3 Å². The fourth-order valence-corrected chi connectivity index (χ4v) is 10.3. The van der Waals surface area contributed by atoms with Gasteiger partial charge in [0.25, 0.3) is 11.8 Å². The smallest absolute Gasteiger partial charge is 0.363 e. The number of aromatic nitrogens is 1. The number of rotatable bonds is 13. The molecule has 21 heteroatoms. The minimum absolute atomic E-state index is 0.0252. The molecule has 2 amide bonds. The third kappa shape index (κ3) is 9.96. The highest BCUT2D eigenvalue weighted by atomic mass is 35.5. The number of hydrogen-bond donors (Lipinski definition) is 7. The van der Waals surface area contributed by atoms with Crippen LogP contribution in [-0.4, -0.2) is 109 Å². The van der Waals surface area contributed by atoms with Crippen LogP contribution in [0.15, 0.2) is 154 Å². The lowest BCUT2D eigenvalue weighted by atomic mass is 9.78. The van der Waals surface area contributed by atoms with E-state index in [0.717, 1.165) is 30.0 Å². The van der Waals surface area contributed by atoms with Crippen molar-refractivity contribution in [3.05, 3.63) is 209 Å². The fraction of sp³-hybridized carbons (Fsp3) is 0.136. The van der Waals surface area contributed by atoms with Crippen LogP contribution in [-0.2, 0) is 17.8 Å². The second-order valence-electron chi connectivity index (χ2n) is 19.2. The van der Waals surface area contributed by atoms with E-state index in [1.165, 1.54) is 54.6 Å². The number of carboxylic acids is 2. The second-order valence-corrected chi connectivity index (χ2v) is 20.0. The standard InChI is InChI=1S/C59H45Cl2N5O14/c1-64(2)31-10-14-36-44(22-31)78-45-23-32(65(3)4)11-15-37(45)50(36)51-42(60)25-40(53(61)52(51)58(75)76)56(72)62-26-28-5-7-29(8-6-28)55(71)63-27-41-43(68)18-17-38-49(35-16-12-33(67)24-46(35)79-54(38)41)39-21-30(9-13-34(39)57(73)74)59(77)80-66-47(69)19-20-48(66)70/h5-25,31,36,62H,26-27H2,1-4H3,(H5,63,67,68,71,72,73,74,75,76)/p+1. The Morgan fingerprint density at radius 1 is 0.762 bits per heavy atom. The molecule has 0 bridgehead atoms. The Morgan fingerprint density at radius 2 is 1.48 bits per heavy atom. The summed E-state index contributed by atoms with van der Waals surface area (Å²) in [6.45, 7) is -0.430. The van der Waals surface area contributed by atoms with Crippen molar-refractivity contribution in [2.75, 3.05) is 28.2 Å². The number of nitrogens with one attached hydrogen (secondary N) is 2. The summed E-state index contributed by atoms with van der Waals surface area (Å²) in [5.41, 5.74) is 1.73. The second kappa shape index (κ2) is 21.3. The summed E-state index contributed by atoms with van der Waals surface area (Å²) in [6, 6.07) is 19.7. The number of carbonyl (C=O) groups is 5. The molecule has 0 fully saturated rings. The van der Waals surface area contributed by atoms with E-state index < -0.39 is 52.8 Å². The van der Waals surface area contributed by atoms with Crippen LogP contribution in [0.25, 0.3) is 39.0 Å². The van der Waals surface area contributed by atoms with E-state index in [0.29, 0.717) is 33.0 Å². The van der Waals surface area contributed by atoms with Gasteiger partial charge in [0.2, 0.25) is 17.5 Å². The Hall–Kier alpha value is -9.69. The van der Waals surface area contributed by atoms with E-state index in [4.69, 9.17) is 37.2 Å². The molecule has 0 spiro atoms. The molecule has 19 nitrogen and oxygen atoms in total. The SMILES string of the molecule is CN(C)C1C=CC2C(=C1)OC1=CC(=[N+](C)C)C=CC1=C2c1c(Cl)cc(C(=O)NCc2ccc(C(=O)NCc3c(O)ccc4c(-c5cc(C(=O)On6c(O)ccc6O)ccc5C(=O)O)c5ccc(=O)cc-5oc34)cc2)c(Cl)c1C(=O)O. The normalized spacial score (nSPS) is 15.5. The van der Waals surface area contributed by atoms with Crippen molar-refractivity contribution in [1.29, 1.82) is 0 Å². The first-order chi connectivity index (χ1) is 38.2. The van der Waals surface area contributed by atoms with Gasteiger partial charge in [-0.15, -0.1) is 4.73 Å². The summed E-state index contributed by atoms with van der Waals surface area (Å²) in [5, 5.41) is 57.8. The molecule has 3 heterocycles. The number of likely N-dealkylation sites (N-methyl/N-ethyl adjacent to an activating group) is 1. The van der Waals surface area contributed by atoms with Crippen LogP contribution in [0.2, 0.25) is 10.0 Å². The molecular formula is C59H46Cl2N5O14+. The molecule has 404 valence electrons. The van der Waals surface area contributed by atoms with Gasteiger partial charge >= 0.3 is 17.9 Å². The van der Waals surface area contributed by atoms with Gasteiger partial charge in [0.15, 0.2) is 5.43 Å². The topological polar surface area (TPSA) is 270 Å². The molecule has 80 heavy (non-hydrogen) atoms. The molecular weight excluding hydrogens is 1070 g/mol. The zero-order valence-corrected chi connectivity index (χ0v) is 44.2. The minimum Gasteiger partial charge on any atom is -0.507 e. The van der Waals surface area contributed by atoms with Crippen LogP contribution in [0.5, 0.6) is 17.5 Å². The molecule has 0 saturated heterocycles. The third-order valence-corrected chi connectivity index (χ3v) is 14.4. The first-order valence-electron chi connectivity index (χ1n) is 24.4. The van der Waals surface area contributed by atoms with Crippen molar-refractivity contribution >= 4 is 75.2 Å². The van der Waals surface area contributed by atoms with Crippen LogP contribution in [0.1, 0.15) is 68.5 Å². The predicted molar refractivity (Wildman–Crippen MR) is 295 cm³/mol. The number of aromatic hydroxyl groups is 3. The number of nitrogens with zero attached hydrogens (tertiary/aromatic N) is 3. The van der Waals surface area contributed by atoms with Crippen LogP contribution < -0.4 is 20.9 Å². The number of allylic oxidation sites excluding steroid dienone is 4. The summed E-state index contributed by atoms with van der Waals surface area (Å²) < 4.78 is 15.1. The maximum Gasteiger partial charge on any atom is 0.363 e. The van der Waals surface area contributed by atoms with Crippen molar-refractivity contribution in [2.24, 2.45) is 5.92 Å². The van der Waals surface area contributed by atoms with Crippen molar-refractivity contribution in [3.8, 4) is 40.0 Å². The van der Waals surface area contributed by atoms with Gasteiger partial charge in [-0.1, -0.05) is 47.5 Å². The number of amides is 2. The van der Waals surface area contributed by atoms with Crippen molar-refractivity contribution < 1.29 is 68.1 Å². The van der Waals surface area contributed by atoms with Gasteiger partial charge in [-0.05, 0) is 104 Å². The van der Waals surface area contributed by atoms with Gasteiger partial charge in [-0.3, -0.25) is 19.3 Å². The van der Waals surface area contributed by atoms with Crippen molar-refractivity contribution in [1.82, 2.24) is 20.3 Å². The molecule has 5 aromatic rings. The summed E-state index contributed by atoms with van der Waals surface area (Å²) in [7, 11) is 7.63. The first-order valence-corrected chi connectivity index (χ1v) is 25.2. The Labute approximate surface area is 464 Å². The molecule has 10 rings (SSSR count). The molecule has 0 saturated carbocycles. The Kier molecular flexibility index (Phi) is 14.3. The molecule has 5 aliphatic rings. The van der Waals surface area contributed by atoms with Gasteiger partial charge in [-0.25, -0.2) is 19.0 Å². The number of aromatic carboxylic acids is 2. The summed E-state index contributed by atoms with van der Waals surface area (Å²) in [5.74, 6) is -6.22. The zero-order chi connectivity index (χ0) is 57.0. The van der Waals surface area contributed by atoms with Gasteiger partial charge in [0, 0.05) is 75.1 Å². The Balaban J connectivity index is 0.896. The lowest BCUT2D eigenvalue weighted by molar-refractivity contribution is -0.462. The summed E-state index contributed by atoms with van der Waals surface area (Å²) in [4.78, 5) is 86.7. The van der Waals surface area contributed by atoms with Crippen molar-refractivity contribution in [2.45, 2.75) is 19.1 Å². The largest absolute Gasteiger partial charge is 0.507 e. The highest BCUT2D eigenvalue weighted by Crippen LogP contribution is 2.50. The molecule has 2 unspecified atom stereocenters. The van der Waals surface area contributed by atoms with Crippen LogP contribution in [0.4, 0.5) is 0 Å². The third-order valence-electron chi connectivity index (χ3n) is 13.8. The molecule has 0 radical (unpaired) electrons. The quantitative estimate of drug-likeness (QED) is 0.0325. The monoisotopic (exact) mass is 1120 g/mol. The number of benzene rings is 5. The molecule has 4 aromatic carbocycles. The average Bonchev–Trinajstić information content (AvgIpc) is 3.92. The maximum absolute atomic E-state index is 13.9. The maximum atomic E-state index is 13.9. The number of phenols is 1. The average molecular weight is 1120 g/mol. The number of halogens is 2. The van der Waals surface area contributed by atoms with Gasteiger partial charge in [-0.2, -0.15) is 0 Å². The first kappa shape index (κ1) is 53.7. The van der Waals surface area contributed by atoms with Crippen molar-refractivity contribution in [3.63, 3.8) is 0 Å². The van der Waals surface area contributed by atoms with Gasteiger partial charge in [0.1, 0.15) is 42.7 Å². The Bertz CT molecular complexity index is 4050. The molecule has 1 aromatic heterocycles. The minimum atomic E-state index is -1.41. The number of ether oxygens (including phenoxy) is 1. The van der Waals surface area contributed by atoms with E-state index >= 15 is 0 Å². The highest BCUT2D eigenvalue weighted by molar-refractivity contribution is 6.40. The summed E-state index contributed by atoms with van der Waals surface area (Å²) in [6.07, 6.45) is 11.4. The van der Waals surface area contributed by atoms with Crippen LogP contribution in [0.3, 0.4) is 0 Å². The summed E-state index contributed by atoms with van der Waals surface area (Å²) >= 11 is 13.9. The number of carboxylic acid groups (broad SMARTS) is 2. The molecule has 2 atom stereocenters. The van der Waals surface area contributed by atoms with Crippen LogP contribution in [0, 0.1) is 5.92 Å². The van der Waals surface area contributed by atoms with E-state index in [2.05, 4.69) is 10.6 Å². The zero-order valence-electron chi connectivity index (χ0n) is 42.7. The lowest BCUT2D eigenvalue weighted by Crippen LogP contribution is -2.30. The number of phenolic OH excluding ortho intramolecular Hbond substituents is 1. The fourth-order valence-electron chi connectivity index (χ4n) is 9.70. The van der Waals surface area contributed by atoms with E-state index in [1.807, 2.05) is 74.1 Å². The Morgan fingerprint density at radius 3 is 2.16 bits per heavy atom. The highest BCUT2D eigenvalue weighted by Gasteiger charge is 2.39. The number of fused-ring (bicyclic) bond motifs is 4. The number of hydrogen-bond acceptors (Lipinski definition) is 13. The number of carbonyl (C=O) groups excluding carboxylic acids is 3. The molecule has 7 N–H and O–H groups in total. The van der Waals surface area contributed by atoms with E-state index in [-0.39, 0.29) is 107 Å². The lowest BCUT2D eigenvalue weighted by Gasteiger charge is -2.36. The molecule has 2 aliphatic heterocycles. The van der Waals surface area contributed by atoms with E-state index in [1.54, 1.807) is 12.1 Å². The van der Waals surface area contributed by atoms with Gasteiger partial charge < -0.3 is 50.2 Å². The molecule has 3 aliphatic carbocycles. The van der Waals surface area contributed by atoms with Crippen LogP contribution >= 0.6 is 23.2 Å². The van der Waals surface area contributed by atoms with Gasteiger partial charge in [0.05, 0.1) is 51.4 Å².